The zero-order valence-corrected chi connectivity index (χ0v) is 13.9. The first-order valence-electron chi connectivity index (χ1n) is 6.23. The van der Waals surface area contributed by atoms with E-state index in [2.05, 4.69) is 5.32 Å². The van der Waals surface area contributed by atoms with Crippen LogP contribution in [0.25, 0.3) is 0 Å². The fourth-order valence-corrected chi connectivity index (χ4v) is 4.08. The average Bonchev–Trinajstić information content (AvgIpc) is 2.37. The normalized spacial score (nSPS) is 20.5. The van der Waals surface area contributed by atoms with Crippen molar-refractivity contribution < 1.29 is 21.6 Å². The van der Waals surface area contributed by atoms with Gasteiger partial charge in [0.05, 0.1) is 15.5 Å². The molecule has 126 valence electrons. The molecule has 0 aromatic heterocycles. The van der Waals surface area contributed by atoms with Crippen molar-refractivity contribution in [2.75, 3.05) is 19.6 Å². The summed E-state index contributed by atoms with van der Waals surface area (Å²) in [6.45, 7) is 2.83. The van der Waals surface area contributed by atoms with E-state index in [-0.39, 0.29) is 25.0 Å². The smallest absolute Gasteiger partial charge is 0.314 e. The number of benzene rings is 1. The molecule has 0 radical (unpaired) electrons. The second-order valence-corrected chi connectivity index (χ2v) is 7.11. The van der Waals surface area contributed by atoms with E-state index in [1.807, 2.05) is 0 Å². The monoisotopic (exact) mass is 378 g/mol. The highest BCUT2D eigenvalue weighted by atomic mass is 35.5. The average molecular weight is 379 g/mol. The van der Waals surface area contributed by atoms with Crippen LogP contribution in [-0.2, 0) is 16.2 Å². The van der Waals surface area contributed by atoms with Gasteiger partial charge in [0, 0.05) is 25.7 Å². The van der Waals surface area contributed by atoms with E-state index < -0.39 is 31.7 Å². The molecule has 0 aliphatic carbocycles. The number of hydrogen-bond acceptors (Lipinski definition) is 3. The third-order valence-electron chi connectivity index (χ3n) is 3.29. The van der Waals surface area contributed by atoms with Crippen molar-refractivity contribution in [2.45, 2.75) is 24.0 Å². The molecule has 0 amide bonds. The van der Waals surface area contributed by atoms with Crippen molar-refractivity contribution in [1.82, 2.24) is 9.62 Å². The van der Waals surface area contributed by atoms with E-state index >= 15 is 0 Å². The second kappa shape index (κ2) is 6.92. The Hall–Kier alpha value is -0.540. The summed E-state index contributed by atoms with van der Waals surface area (Å²) in [5.41, 5.74) is -1.15. The number of nitrogens with zero attached hydrogens (tertiary/aromatic N) is 1. The lowest BCUT2D eigenvalue weighted by Gasteiger charge is -2.33. The van der Waals surface area contributed by atoms with Crippen LogP contribution in [0.4, 0.5) is 13.2 Å². The number of rotatable bonds is 2. The van der Waals surface area contributed by atoms with Crippen molar-refractivity contribution in [2.24, 2.45) is 0 Å². The molecule has 0 unspecified atom stereocenters. The van der Waals surface area contributed by atoms with Gasteiger partial charge < -0.3 is 5.32 Å². The van der Waals surface area contributed by atoms with Crippen molar-refractivity contribution in [3.8, 4) is 0 Å². The van der Waals surface area contributed by atoms with Gasteiger partial charge in [-0.15, -0.1) is 12.4 Å². The van der Waals surface area contributed by atoms with Gasteiger partial charge in [0.15, 0.2) is 0 Å². The molecule has 10 heteroatoms. The summed E-state index contributed by atoms with van der Waals surface area (Å²) < 4.78 is 64.7. The molecule has 1 aliphatic heterocycles. The molecule has 1 N–H and O–H groups in total. The minimum Gasteiger partial charge on any atom is -0.314 e. The van der Waals surface area contributed by atoms with Crippen LogP contribution >= 0.6 is 24.0 Å². The topological polar surface area (TPSA) is 49.4 Å². The highest BCUT2D eigenvalue weighted by Crippen LogP contribution is 2.36. The molecule has 1 aromatic carbocycles. The van der Waals surface area contributed by atoms with Crippen LogP contribution in [0, 0.1) is 0 Å². The van der Waals surface area contributed by atoms with Gasteiger partial charge in [0.1, 0.15) is 0 Å². The van der Waals surface area contributed by atoms with Crippen LogP contribution < -0.4 is 5.32 Å². The zero-order chi connectivity index (χ0) is 15.8. The summed E-state index contributed by atoms with van der Waals surface area (Å²) >= 11 is 5.51. The lowest BCUT2D eigenvalue weighted by molar-refractivity contribution is -0.137. The third-order valence-corrected chi connectivity index (χ3v) is 5.63. The van der Waals surface area contributed by atoms with Gasteiger partial charge >= 0.3 is 6.18 Å². The van der Waals surface area contributed by atoms with E-state index in [9.17, 15) is 21.6 Å². The summed E-state index contributed by atoms with van der Waals surface area (Å²) in [5, 5.41) is 2.51. The van der Waals surface area contributed by atoms with Gasteiger partial charge in [-0.1, -0.05) is 11.6 Å². The van der Waals surface area contributed by atoms with Crippen molar-refractivity contribution in [3.63, 3.8) is 0 Å². The molecule has 1 atom stereocenters. The molecule has 4 nitrogen and oxygen atoms in total. The molecule has 1 saturated heterocycles. The molecule has 2 rings (SSSR count). The molecular formula is C12H15Cl2F3N2O2S. The molecule has 1 aliphatic rings. The molecule has 0 bridgehead atoms. The largest absolute Gasteiger partial charge is 0.417 e. The summed E-state index contributed by atoms with van der Waals surface area (Å²) in [7, 11) is -3.98. The minimum absolute atomic E-state index is 0. The number of alkyl halides is 3. The highest BCUT2D eigenvalue weighted by molar-refractivity contribution is 7.89. The molecule has 1 aromatic rings. The van der Waals surface area contributed by atoms with Gasteiger partial charge in [-0.2, -0.15) is 17.5 Å². The predicted octanol–water partition coefficient (Wildman–Crippen LogP) is 2.76. The SMILES string of the molecule is C[C@@H]1CNCCN1S(=O)(=O)c1ccc(Cl)c(C(F)(F)F)c1.Cl. The Morgan fingerprint density at radius 3 is 2.55 bits per heavy atom. The van der Waals surface area contributed by atoms with Gasteiger partial charge in [-0.05, 0) is 25.1 Å². The first-order chi connectivity index (χ1) is 9.64. The fraction of sp³-hybridized carbons (Fsp3) is 0.500. The fourth-order valence-electron chi connectivity index (χ4n) is 2.20. The van der Waals surface area contributed by atoms with Crippen molar-refractivity contribution >= 4 is 34.0 Å². The Morgan fingerprint density at radius 1 is 1.36 bits per heavy atom. The van der Waals surface area contributed by atoms with Gasteiger partial charge in [-0.25, -0.2) is 8.42 Å². The summed E-state index contributed by atoms with van der Waals surface area (Å²) in [6.07, 6.45) is -4.70. The minimum atomic E-state index is -4.70. The van der Waals surface area contributed by atoms with Crippen LogP contribution in [0.3, 0.4) is 0 Å². The first kappa shape index (κ1) is 19.5. The van der Waals surface area contributed by atoms with Crippen LogP contribution in [0.1, 0.15) is 12.5 Å². The summed E-state index contributed by atoms with van der Waals surface area (Å²) in [5.74, 6) is 0. The number of halogens is 5. The second-order valence-electron chi connectivity index (χ2n) is 4.81. The van der Waals surface area contributed by atoms with Crippen LogP contribution in [0.2, 0.25) is 5.02 Å². The number of hydrogen-bond donors (Lipinski definition) is 1. The van der Waals surface area contributed by atoms with Gasteiger partial charge in [0.25, 0.3) is 0 Å². The van der Waals surface area contributed by atoms with E-state index in [4.69, 9.17) is 11.6 Å². The Balaban J connectivity index is 0.00000242. The van der Waals surface area contributed by atoms with Crippen LogP contribution in [0.5, 0.6) is 0 Å². The highest BCUT2D eigenvalue weighted by Gasteiger charge is 2.36. The van der Waals surface area contributed by atoms with Crippen molar-refractivity contribution in [1.29, 1.82) is 0 Å². The Morgan fingerprint density at radius 2 is 2.00 bits per heavy atom. The summed E-state index contributed by atoms with van der Waals surface area (Å²) in [6, 6.07) is 2.33. The molecular weight excluding hydrogens is 364 g/mol. The lowest BCUT2D eigenvalue weighted by atomic mass is 10.2. The maximum atomic E-state index is 12.8. The number of piperazine rings is 1. The molecule has 22 heavy (non-hydrogen) atoms. The number of sulfonamides is 1. The quantitative estimate of drug-likeness (QED) is 0.860. The molecule has 1 heterocycles. The van der Waals surface area contributed by atoms with E-state index in [0.29, 0.717) is 19.2 Å². The van der Waals surface area contributed by atoms with Crippen molar-refractivity contribution in [3.05, 3.63) is 28.8 Å². The van der Waals surface area contributed by atoms with E-state index in [0.717, 1.165) is 12.1 Å². The number of nitrogens with one attached hydrogen (secondary N) is 1. The Bertz CT molecular complexity index is 638. The molecule has 0 spiro atoms. The van der Waals surface area contributed by atoms with Gasteiger partial charge in [0.2, 0.25) is 10.0 Å². The maximum absolute atomic E-state index is 12.8. The van der Waals surface area contributed by atoms with E-state index in [1.54, 1.807) is 6.92 Å². The zero-order valence-electron chi connectivity index (χ0n) is 11.5. The first-order valence-corrected chi connectivity index (χ1v) is 8.05. The summed E-state index contributed by atoms with van der Waals surface area (Å²) in [4.78, 5) is -0.395. The van der Waals surface area contributed by atoms with Crippen LogP contribution in [-0.4, -0.2) is 38.4 Å². The van der Waals surface area contributed by atoms with Crippen LogP contribution in [0.15, 0.2) is 23.1 Å². The Labute approximate surface area is 138 Å². The lowest BCUT2D eigenvalue weighted by Crippen LogP contribution is -2.52. The van der Waals surface area contributed by atoms with Gasteiger partial charge in [-0.3, -0.25) is 0 Å². The molecule has 1 fully saturated rings. The maximum Gasteiger partial charge on any atom is 0.417 e. The van der Waals surface area contributed by atoms with E-state index in [1.165, 1.54) is 4.31 Å². The Kier molecular flexibility index (Phi) is 6.14. The standard InChI is InChI=1S/C12H14ClF3N2O2S.ClH/c1-8-7-17-4-5-18(8)21(19,20)9-2-3-11(13)10(6-9)12(14,15)16;/h2-3,6,8,17H,4-5,7H2,1H3;1H/t8-;/m1./s1. The predicted molar refractivity (Wildman–Crippen MR) is 79.9 cm³/mol. The third kappa shape index (κ3) is 3.86. The molecule has 0 saturated carbocycles.